The lowest BCUT2D eigenvalue weighted by Crippen LogP contribution is -2.37. The van der Waals surface area contributed by atoms with Crippen LogP contribution in [0.15, 0.2) is 0 Å². The van der Waals surface area contributed by atoms with Crippen molar-refractivity contribution < 1.29 is 24.2 Å². The lowest BCUT2D eigenvalue weighted by molar-refractivity contribution is -0.149. The summed E-state index contributed by atoms with van der Waals surface area (Å²) in [5.74, 6) is -0.114. The molecule has 226 valence electrons. The Morgan fingerprint density at radius 1 is 0.711 bits per heavy atom. The van der Waals surface area contributed by atoms with Crippen LogP contribution in [0.3, 0.4) is 0 Å². The largest absolute Gasteiger partial charge is 0.466 e. The first-order valence-electron chi connectivity index (χ1n) is 16.0. The van der Waals surface area contributed by atoms with Crippen molar-refractivity contribution in [2.45, 2.75) is 149 Å². The Morgan fingerprint density at radius 2 is 1.29 bits per heavy atom. The minimum Gasteiger partial charge on any atom is -0.466 e. The van der Waals surface area contributed by atoms with Gasteiger partial charge in [-0.25, -0.2) is 0 Å². The first-order chi connectivity index (χ1) is 18.6. The number of nitrogens with zero attached hydrogens (tertiary/aromatic N) is 1. The molecule has 7 nitrogen and oxygen atoms in total. The maximum absolute atomic E-state index is 11.9. The highest BCUT2D eigenvalue weighted by Crippen LogP contribution is 2.10. The molecule has 0 aromatic carbocycles. The molecule has 0 rings (SSSR count). The zero-order valence-electron chi connectivity index (χ0n) is 25.3. The van der Waals surface area contributed by atoms with E-state index >= 15 is 0 Å². The summed E-state index contributed by atoms with van der Waals surface area (Å²) in [5, 5.41) is 12.8. The van der Waals surface area contributed by atoms with Crippen molar-refractivity contribution in [2.24, 2.45) is 0 Å². The van der Waals surface area contributed by atoms with Crippen molar-refractivity contribution in [3.63, 3.8) is 0 Å². The van der Waals surface area contributed by atoms with Gasteiger partial charge in [-0.3, -0.25) is 14.5 Å². The van der Waals surface area contributed by atoms with Crippen molar-refractivity contribution in [3.8, 4) is 0 Å². The van der Waals surface area contributed by atoms with E-state index < -0.39 is 0 Å². The van der Waals surface area contributed by atoms with Crippen LogP contribution in [0, 0.1) is 0 Å². The molecule has 0 aliphatic carbocycles. The summed E-state index contributed by atoms with van der Waals surface area (Å²) in [6, 6.07) is 0. The molecule has 0 bridgehead atoms. The summed E-state index contributed by atoms with van der Waals surface area (Å²) in [5.41, 5.74) is 0. The van der Waals surface area contributed by atoms with Gasteiger partial charge in [-0.05, 0) is 58.0 Å². The number of carbonyl (C=O) groups is 2. The molecule has 7 heteroatoms. The number of aliphatic hydroxyl groups excluding tert-OH is 1. The van der Waals surface area contributed by atoms with Gasteiger partial charge in [-0.15, -0.1) is 0 Å². The highest BCUT2D eigenvalue weighted by molar-refractivity contribution is 5.69. The zero-order valence-corrected chi connectivity index (χ0v) is 25.3. The second kappa shape index (κ2) is 28.8. The van der Waals surface area contributed by atoms with E-state index in [9.17, 15) is 14.7 Å². The quantitative estimate of drug-likeness (QED) is 0.0614. The lowest BCUT2D eigenvalue weighted by atomic mass is 10.1. The molecular formula is C31H62N2O5. The number of esters is 2. The molecule has 0 saturated heterocycles. The van der Waals surface area contributed by atoms with Gasteiger partial charge >= 0.3 is 11.9 Å². The smallest absolute Gasteiger partial charge is 0.306 e. The lowest BCUT2D eigenvalue weighted by Gasteiger charge is -2.21. The standard InChI is InChI=1S/C31H62N2O5/c1-4-7-8-9-10-14-20-27-37-30(35)21-17-15-18-23-32-28-33(25-26-34)24-19-13-11-12-16-22-31(36)38-29(5-2)6-3/h29,32,34H,4-28H2,1-3H3. The monoisotopic (exact) mass is 542 g/mol. The number of aliphatic hydroxyl groups is 1. The fraction of sp³-hybridized carbons (Fsp3) is 0.935. The van der Waals surface area contributed by atoms with Gasteiger partial charge in [0, 0.05) is 26.1 Å². The van der Waals surface area contributed by atoms with Gasteiger partial charge in [0.05, 0.1) is 13.2 Å². The number of ether oxygens (including phenoxy) is 2. The SMILES string of the molecule is CCCCCCCCCOC(=O)CCCCCNCN(CCO)CCCCCCCC(=O)OC(CC)CC. The number of rotatable bonds is 29. The van der Waals surface area contributed by atoms with E-state index in [1.165, 1.54) is 32.1 Å². The summed E-state index contributed by atoms with van der Waals surface area (Å²) >= 11 is 0. The minimum absolute atomic E-state index is 0.0559. The second-order valence-electron chi connectivity index (χ2n) is 10.6. The molecule has 0 aromatic rings. The summed E-state index contributed by atoms with van der Waals surface area (Å²) in [4.78, 5) is 26.0. The van der Waals surface area contributed by atoms with E-state index in [0.717, 1.165) is 96.8 Å². The Hall–Kier alpha value is -1.18. The van der Waals surface area contributed by atoms with Gasteiger partial charge in [0.25, 0.3) is 0 Å². The zero-order chi connectivity index (χ0) is 28.1. The molecule has 0 saturated carbocycles. The molecule has 0 heterocycles. The van der Waals surface area contributed by atoms with E-state index in [0.29, 0.717) is 26.0 Å². The van der Waals surface area contributed by atoms with Gasteiger partial charge in [0.15, 0.2) is 0 Å². The Morgan fingerprint density at radius 3 is 1.95 bits per heavy atom. The molecule has 0 aliphatic rings. The molecule has 0 spiro atoms. The van der Waals surface area contributed by atoms with Crippen molar-refractivity contribution in [3.05, 3.63) is 0 Å². The maximum atomic E-state index is 11.9. The Kier molecular flexibility index (Phi) is 27.9. The van der Waals surface area contributed by atoms with Crippen LogP contribution in [0.1, 0.15) is 143 Å². The predicted octanol–water partition coefficient (Wildman–Crippen LogP) is 6.75. The fourth-order valence-corrected chi connectivity index (χ4v) is 4.50. The van der Waals surface area contributed by atoms with E-state index in [1.54, 1.807) is 0 Å². The van der Waals surface area contributed by atoms with Gasteiger partial charge in [0.2, 0.25) is 0 Å². The van der Waals surface area contributed by atoms with E-state index in [1.807, 2.05) is 0 Å². The number of unbranched alkanes of at least 4 members (excludes halogenated alkanes) is 12. The molecular weight excluding hydrogens is 480 g/mol. The van der Waals surface area contributed by atoms with E-state index in [-0.39, 0.29) is 24.6 Å². The summed E-state index contributed by atoms with van der Waals surface area (Å²) in [7, 11) is 0. The van der Waals surface area contributed by atoms with Crippen molar-refractivity contribution in [1.29, 1.82) is 0 Å². The Balaban J connectivity index is 3.61. The molecule has 0 radical (unpaired) electrons. The van der Waals surface area contributed by atoms with Crippen LogP contribution < -0.4 is 5.32 Å². The maximum Gasteiger partial charge on any atom is 0.306 e. The first-order valence-corrected chi connectivity index (χ1v) is 16.0. The van der Waals surface area contributed by atoms with Gasteiger partial charge in [-0.1, -0.05) is 85.0 Å². The number of nitrogens with one attached hydrogen (secondary N) is 1. The molecule has 0 aliphatic heterocycles. The topological polar surface area (TPSA) is 88.1 Å². The van der Waals surface area contributed by atoms with Gasteiger partial charge in [-0.2, -0.15) is 0 Å². The third kappa shape index (κ3) is 25.1. The highest BCUT2D eigenvalue weighted by atomic mass is 16.5. The van der Waals surface area contributed by atoms with Crippen LogP contribution >= 0.6 is 0 Å². The third-order valence-corrected chi connectivity index (χ3v) is 7.06. The summed E-state index contributed by atoms with van der Waals surface area (Å²) in [6.07, 6.45) is 19.8. The van der Waals surface area contributed by atoms with Gasteiger partial charge < -0.3 is 19.9 Å². The number of hydrogen-bond acceptors (Lipinski definition) is 7. The van der Waals surface area contributed by atoms with E-state index in [2.05, 4.69) is 31.0 Å². The summed E-state index contributed by atoms with van der Waals surface area (Å²) < 4.78 is 10.8. The number of carbonyl (C=O) groups excluding carboxylic acids is 2. The van der Waals surface area contributed by atoms with Crippen LogP contribution in [0.2, 0.25) is 0 Å². The molecule has 0 amide bonds. The molecule has 2 N–H and O–H groups in total. The molecule has 0 unspecified atom stereocenters. The Bertz CT molecular complexity index is 528. The van der Waals surface area contributed by atoms with Crippen LogP contribution in [0.5, 0.6) is 0 Å². The molecule has 0 fully saturated rings. The molecule has 38 heavy (non-hydrogen) atoms. The van der Waals surface area contributed by atoms with Crippen LogP contribution in [0.4, 0.5) is 0 Å². The fourth-order valence-electron chi connectivity index (χ4n) is 4.50. The predicted molar refractivity (Wildman–Crippen MR) is 157 cm³/mol. The molecule has 0 aromatic heterocycles. The number of hydrogen-bond donors (Lipinski definition) is 2. The Labute approximate surface area is 234 Å². The average molecular weight is 543 g/mol. The highest BCUT2D eigenvalue weighted by Gasteiger charge is 2.10. The van der Waals surface area contributed by atoms with Crippen LogP contribution in [-0.4, -0.2) is 67.6 Å². The van der Waals surface area contributed by atoms with Crippen molar-refractivity contribution >= 4 is 11.9 Å². The van der Waals surface area contributed by atoms with E-state index in [4.69, 9.17) is 9.47 Å². The van der Waals surface area contributed by atoms with Crippen molar-refractivity contribution in [1.82, 2.24) is 10.2 Å². The summed E-state index contributed by atoms with van der Waals surface area (Å²) in [6.45, 7) is 10.4. The van der Waals surface area contributed by atoms with Crippen molar-refractivity contribution in [2.75, 3.05) is 39.5 Å². The average Bonchev–Trinajstić information content (AvgIpc) is 2.91. The second-order valence-corrected chi connectivity index (χ2v) is 10.6. The minimum atomic E-state index is -0.0577. The first kappa shape index (κ1) is 36.8. The normalized spacial score (nSPS) is 11.4. The third-order valence-electron chi connectivity index (χ3n) is 7.06. The van der Waals surface area contributed by atoms with Gasteiger partial charge in [0.1, 0.15) is 6.10 Å². The molecule has 0 atom stereocenters. The van der Waals surface area contributed by atoms with Crippen LogP contribution in [-0.2, 0) is 19.1 Å². The van der Waals surface area contributed by atoms with Crippen LogP contribution in [0.25, 0.3) is 0 Å².